The maximum atomic E-state index is 12.2. The minimum absolute atomic E-state index is 0.189. The third-order valence-electron chi connectivity index (χ3n) is 2.31. The number of amides is 1. The van der Waals surface area contributed by atoms with E-state index in [1.807, 2.05) is 32.0 Å². The molecule has 0 aliphatic rings. The van der Waals surface area contributed by atoms with Crippen LogP contribution in [0.2, 0.25) is 5.02 Å². The first-order valence-electron chi connectivity index (χ1n) is 6.12. The van der Waals surface area contributed by atoms with Gasteiger partial charge in [0.2, 0.25) is 0 Å². The van der Waals surface area contributed by atoms with Gasteiger partial charge in [0.1, 0.15) is 0 Å². The molecule has 0 aliphatic heterocycles. The van der Waals surface area contributed by atoms with Gasteiger partial charge in [-0.25, -0.2) is 9.97 Å². The second-order valence-corrected chi connectivity index (χ2v) is 6.29. The lowest BCUT2D eigenvalue weighted by atomic mass is 10.3. The maximum Gasteiger partial charge on any atom is 0.275 e. The van der Waals surface area contributed by atoms with E-state index in [0.717, 1.165) is 0 Å². The van der Waals surface area contributed by atoms with Crippen molar-refractivity contribution in [2.45, 2.75) is 24.3 Å². The van der Waals surface area contributed by atoms with Crippen LogP contribution >= 0.6 is 23.4 Å². The number of hydrogen-bond acceptors (Lipinski definition) is 4. The molecule has 0 saturated heterocycles. The van der Waals surface area contributed by atoms with Crippen molar-refractivity contribution in [3.05, 3.63) is 47.2 Å². The molecule has 0 bridgehead atoms. The van der Waals surface area contributed by atoms with Crippen LogP contribution in [0, 0.1) is 0 Å². The van der Waals surface area contributed by atoms with Crippen LogP contribution < -0.4 is 5.32 Å². The van der Waals surface area contributed by atoms with Crippen molar-refractivity contribution in [3.63, 3.8) is 0 Å². The first kappa shape index (κ1) is 14.8. The van der Waals surface area contributed by atoms with Gasteiger partial charge in [-0.15, -0.1) is 0 Å². The number of hydrogen-bond donors (Lipinski definition) is 1. The van der Waals surface area contributed by atoms with Crippen molar-refractivity contribution in [2.24, 2.45) is 0 Å². The Labute approximate surface area is 127 Å². The highest BCUT2D eigenvalue weighted by Crippen LogP contribution is 2.22. The van der Waals surface area contributed by atoms with Gasteiger partial charge in [0.15, 0.2) is 10.9 Å². The fraction of sp³-hybridized carbons (Fsp3) is 0.214. The lowest BCUT2D eigenvalue weighted by Crippen LogP contribution is -2.15. The van der Waals surface area contributed by atoms with Gasteiger partial charge in [0.25, 0.3) is 5.91 Å². The highest BCUT2D eigenvalue weighted by Gasteiger charge is 2.15. The van der Waals surface area contributed by atoms with Gasteiger partial charge in [-0.3, -0.25) is 4.79 Å². The summed E-state index contributed by atoms with van der Waals surface area (Å²) in [5.41, 5.74) is 0.888. The number of nitrogens with zero attached hydrogens (tertiary/aromatic N) is 2. The van der Waals surface area contributed by atoms with E-state index >= 15 is 0 Å². The molecule has 2 aromatic rings. The number of halogens is 1. The molecule has 1 heterocycles. The third-order valence-corrected chi connectivity index (χ3v) is 3.47. The van der Waals surface area contributed by atoms with E-state index < -0.39 is 0 Å². The van der Waals surface area contributed by atoms with Crippen LogP contribution in [0.3, 0.4) is 0 Å². The Morgan fingerprint density at radius 3 is 2.65 bits per heavy atom. The molecule has 1 aromatic carbocycles. The Morgan fingerprint density at radius 1 is 1.30 bits per heavy atom. The summed E-state index contributed by atoms with van der Waals surface area (Å²) < 4.78 is 0. The van der Waals surface area contributed by atoms with Gasteiger partial charge >= 0.3 is 0 Å². The van der Waals surface area contributed by atoms with Gasteiger partial charge in [-0.1, -0.05) is 55.4 Å². The number of para-hydroxylation sites is 1. The van der Waals surface area contributed by atoms with Crippen LogP contribution in [0.15, 0.2) is 41.7 Å². The summed E-state index contributed by atoms with van der Waals surface area (Å²) in [5.74, 6) is -0.339. The van der Waals surface area contributed by atoms with Crippen LogP contribution in [0.4, 0.5) is 5.69 Å². The highest BCUT2D eigenvalue weighted by atomic mass is 35.5. The second kappa shape index (κ2) is 6.72. The van der Waals surface area contributed by atoms with Crippen molar-refractivity contribution >= 4 is 35.0 Å². The zero-order valence-electron chi connectivity index (χ0n) is 11.1. The number of rotatable bonds is 4. The molecule has 6 heteroatoms. The predicted molar refractivity (Wildman–Crippen MR) is 82.4 cm³/mol. The molecular weight excluding hydrogens is 294 g/mol. The number of benzene rings is 1. The topological polar surface area (TPSA) is 54.9 Å². The minimum atomic E-state index is -0.339. The smallest absolute Gasteiger partial charge is 0.275 e. The Kier molecular flexibility index (Phi) is 4.98. The van der Waals surface area contributed by atoms with Crippen LogP contribution in [0.1, 0.15) is 24.3 Å². The molecule has 1 amide bonds. The molecular formula is C14H14ClN3OS. The normalized spacial score (nSPS) is 10.6. The summed E-state index contributed by atoms with van der Waals surface area (Å²) in [4.78, 5) is 20.5. The molecule has 0 radical (unpaired) electrons. The van der Waals surface area contributed by atoms with E-state index in [-0.39, 0.29) is 16.6 Å². The van der Waals surface area contributed by atoms with Crippen LogP contribution in [0.5, 0.6) is 0 Å². The van der Waals surface area contributed by atoms with E-state index in [1.54, 1.807) is 12.1 Å². The van der Waals surface area contributed by atoms with E-state index in [0.29, 0.717) is 16.1 Å². The standard InChI is InChI=1S/C14H14ClN3OS/c1-9(2)20-14-16-8-11(15)12(18-14)13(19)17-10-6-4-3-5-7-10/h3-9H,1-2H3,(H,17,19). The fourth-order valence-corrected chi connectivity index (χ4v) is 2.35. The number of thioether (sulfide) groups is 1. The first-order chi connectivity index (χ1) is 9.56. The second-order valence-electron chi connectivity index (χ2n) is 4.34. The average Bonchev–Trinajstić information content (AvgIpc) is 2.41. The van der Waals surface area contributed by atoms with Crippen molar-refractivity contribution in [3.8, 4) is 0 Å². The van der Waals surface area contributed by atoms with E-state index in [2.05, 4.69) is 15.3 Å². The van der Waals surface area contributed by atoms with Gasteiger partial charge in [0.05, 0.1) is 11.2 Å². The molecule has 0 spiro atoms. The van der Waals surface area contributed by atoms with E-state index in [9.17, 15) is 4.79 Å². The van der Waals surface area contributed by atoms with E-state index in [1.165, 1.54) is 18.0 Å². The van der Waals surface area contributed by atoms with Gasteiger partial charge in [0, 0.05) is 10.9 Å². The zero-order valence-corrected chi connectivity index (χ0v) is 12.7. The lowest BCUT2D eigenvalue weighted by Gasteiger charge is -2.08. The van der Waals surface area contributed by atoms with Crippen LogP contribution in [0.25, 0.3) is 0 Å². The number of carbonyl (C=O) groups excluding carboxylic acids is 1. The quantitative estimate of drug-likeness (QED) is 0.688. The molecule has 2 rings (SSSR count). The summed E-state index contributed by atoms with van der Waals surface area (Å²) in [7, 11) is 0. The average molecular weight is 308 g/mol. The molecule has 0 aliphatic carbocycles. The SMILES string of the molecule is CC(C)Sc1ncc(Cl)c(C(=O)Nc2ccccc2)n1. The third kappa shape index (κ3) is 3.95. The van der Waals surface area contributed by atoms with Crippen molar-refractivity contribution in [1.82, 2.24) is 9.97 Å². The molecule has 1 N–H and O–H groups in total. The molecule has 0 atom stereocenters. The Morgan fingerprint density at radius 2 is 2.00 bits per heavy atom. The molecule has 0 saturated carbocycles. The number of nitrogens with one attached hydrogen (secondary N) is 1. The highest BCUT2D eigenvalue weighted by molar-refractivity contribution is 7.99. The number of anilines is 1. The first-order valence-corrected chi connectivity index (χ1v) is 7.37. The molecule has 20 heavy (non-hydrogen) atoms. The van der Waals surface area contributed by atoms with Crippen molar-refractivity contribution in [2.75, 3.05) is 5.32 Å². The number of carbonyl (C=O) groups is 1. The molecule has 104 valence electrons. The Hall–Kier alpha value is -1.59. The predicted octanol–water partition coefficient (Wildman–Crippen LogP) is 3.88. The minimum Gasteiger partial charge on any atom is -0.321 e. The summed E-state index contributed by atoms with van der Waals surface area (Å²) in [6, 6.07) is 9.17. The molecule has 0 fully saturated rings. The summed E-state index contributed by atoms with van der Waals surface area (Å²) in [6.45, 7) is 4.07. The largest absolute Gasteiger partial charge is 0.321 e. The molecule has 0 unspecified atom stereocenters. The zero-order chi connectivity index (χ0) is 14.5. The fourth-order valence-electron chi connectivity index (χ4n) is 1.49. The Balaban J connectivity index is 2.20. The lowest BCUT2D eigenvalue weighted by molar-refractivity contribution is 0.102. The van der Waals surface area contributed by atoms with Crippen molar-refractivity contribution < 1.29 is 4.79 Å². The molecule has 1 aromatic heterocycles. The number of aromatic nitrogens is 2. The van der Waals surface area contributed by atoms with Crippen LogP contribution in [-0.2, 0) is 0 Å². The van der Waals surface area contributed by atoms with Gasteiger partial charge in [-0.05, 0) is 12.1 Å². The summed E-state index contributed by atoms with van der Waals surface area (Å²) in [6.07, 6.45) is 1.46. The summed E-state index contributed by atoms with van der Waals surface area (Å²) in [5, 5.41) is 3.88. The van der Waals surface area contributed by atoms with Gasteiger partial charge in [-0.2, -0.15) is 0 Å². The Bertz CT molecular complexity index is 605. The summed E-state index contributed by atoms with van der Waals surface area (Å²) >= 11 is 7.48. The molecule has 4 nitrogen and oxygen atoms in total. The monoisotopic (exact) mass is 307 g/mol. The van der Waals surface area contributed by atoms with Crippen LogP contribution in [-0.4, -0.2) is 21.1 Å². The van der Waals surface area contributed by atoms with Gasteiger partial charge < -0.3 is 5.32 Å². The van der Waals surface area contributed by atoms with Crippen molar-refractivity contribution in [1.29, 1.82) is 0 Å². The maximum absolute atomic E-state index is 12.2. The van der Waals surface area contributed by atoms with E-state index in [4.69, 9.17) is 11.6 Å².